The first-order chi connectivity index (χ1) is 10.7. The molecule has 0 fully saturated rings. The molecule has 0 aliphatic rings. The van der Waals surface area contributed by atoms with E-state index in [1.165, 1.54) is 11.3 Å². The van der Waals surface area contributed by atoms with Gasteiger partial charge in [0, 0.05) is 28.6 Å². The fourth-order valence-corrected chi connectivity index (χ4v) is 4.14. The molecule has 0 aliphatic carbocycles. The normalized spacial score (nSPS) is 10.6. The molecule has 1 aromatic carbocycles. The smallest absolute Gasteiger partial charge is 0.261 e. The van der Waals surface area contributed by atoms with Gasteiger partial charge in [0.1, 0.15) is 0 Å². The number of hydrogen-bond donors (Lipinski definition) is 2. The highest BCUT2D eigenvalue weighted by Crippen LogP contribution is 2.29. The molecule has 0 atom stereocenters. The van der Waals surface area contributed by atoms with Gasteiger partial charge in [-0.3, -0.25) is 9.59 Å². The second-order valence-corrected chi connectivity index (χ2v) is 6.75. The molecule has 0 radical (unpaired) electrons. The van der Waals surface area contributed by atoms with Crippen molar-refractivity contribution in [3.05, 3.63) is 57.8 Å². The van der Waals surface area contributed by atoms with Gasteiger partial charge < -0.3 is 10.6 Å². The van der Waals surface area contributed by atoms with Crippen LogP contribution >= 0.6 is 22.7 Å². The molecule has 0 saturated heterocycles. The molecule has 3 rings (SSSR count). The van der Waals surface area contributed by atoms with Crippen molar-refractivity contribution in [3.63, 3.8) is 0 Å². The molecule has 2 amide bonds. The minimum Gasteiger partial charge on any atom is -0.355 e. The van der Waals surface area contributed by atoms with Crippen molar-refractivity contribution in [1.82, 2.24) is 10.6 Å². The molecule has 3 aromatic rings. The minimum absolute atomic E-state index is 0.0845. The molecule has 0 aliphatic heterocycles. The minimum atomic E-state index is -0.133. The number of fused-ring (bicyclic) bond motifs is 1. The van der Waals surface area contributed by atoms with E-state index in [-0.39, 0.29) is 11.8 Å². The van der Waals surface area contributed by atoms with E-state index in [1.807, 2.05) is 29.6 Å². The highest BCUT2D eigenvalue weighted by atomic mass is 32.1. The van der Waals surface area contributed by atoms with Gasteiger partial charge in [-0.2, -0.15) is 0 Å². The highest BCUT2D eigenvalue weighted by molar-refractivity contribution is 7.27. The standard InChI is InChI=1S/C16H14N2O2S2/c1-17-15(19)11-4-2-3-10(7-11)9-18-16(20)14-8-13-12(22-14)5-6-21-13/h2-8H,9H2,1H3,(H,17,19)(H,18,20). The Labute approximate surface area is 135 Å². The van der Waals surface area contributed by atoms with Crippen molar-refractivity contribution in [2.75, 3.05) is 7.05 Å². The van der Waals surface area contributed by atoms with Gasteiger partial charge in [0.15, 0.2) is 0 Å². The van der Waals surface area contributed by atoms with Gasteiger partial charge in [0.25, 0.3) is 11.8 Å². The maximum Gasteiger partial charge on any atom is 0.261 e. The third-order valence-electron chi connectivity index (χ3n) is 3.23. The van der Waals surface area contributed by atoms with Gasteiger partial charge in [-0.15, -0.1) is 22.7 Å². The number of thiophene rings is 2. The first-order valence-corrected chi connectivity index (χ1v) is 8.43. The van der Waals surface area contributed by atoms with E-state index >= 15 is 0 Å². The van der Waals surface area contributed by atoms with Crippen molar-refractivity contribution in [1.29, 1.82) is 0 Å². The Bertz CT molecular complexity index is 807. The van der Waals surface area contributed by atoms with Crippen LogP contribution in [0.15, 0.2) is 41.8 Å². The molecular formula is C16H14N2O2S2. The molecule has 0 saturated carbocycles. The summed E-state index contributed by atoms with van der Waals surface area (Å²) in [6, 6.07) is 11.2. The summed E-state index contributed by atoms with van der Waals surface area (Å²) in [6.07, 6.45) is 0. The molecule has 22 heavy (non-hydrogen) atoms. The van der Waals surface area contributed by atoms with E-state index in [4.69, 9.17) is 0 Å². The van der Waals surface area contributed by atoms with Gasteiger partial charge in [0.2, 0.25) is 0 Å². The Kier molecular flexibility index (Phi) is 4.22. The van der Waals surface area contributed by atoms with Crippen LogP contribution in [0.5, 0.6) is 0 Å². The summed E-state index contributed by atoms with van der Waals surface area (Å²) < 4.78 is 2.27. The van der Waals surface area contributed by atoms with Crippen LogP contribution in [0.1, 0.15) is 25.6 Å². The van der Waals surface area contributed by atoms with E-state index in [0.717, 1.165) is 15.0 Å². The maximum atomic E-state index is 12.2. The zero-order valence-corrected chi connectivity index (χ0v) is 13.5. The largest absolute Gasteiger partial charge is 0.355 e. The summed E-state index contributed by atoms with van der Waals surface area (Å²) in [6.45, 7) is 0.398. The molecular weight excluding hydrogens is 316 g/mol. The fraction of sp³-hybridized carbons (Fsp3) is 0.125. The Hall–Kier alpha value is -2.18. The lowest BCUT2D eigenvalue weighted by Crippen LogP contribution is -2.22. The number of hydrogen-bond acceptors (Lipinski definition) is 4. The zero-order valence-electron chi connectivity index (χ0n) is 11.9. The predicted molar refractivity (Wildman–Crippen MR) is 90.7 cm³/mol. The Morgan fingerprint density at radius 3 is 2.73 bits per heavy atom. The van der Waals surface area contributed by atoms with Crippen molar-refractivity contribution >= 4 is 43.9 Å². The van der Waals surface area contributed by atoms with E-state index in [2.05, 4.69) is 10.6 Å². The third-order valence-corrected chi connectivity index (χ3v) is 5.32. The lowest BCUT2D eigenvalue weighted by atomic mass is 10.1. The van der Waals surface area contributed by atoms with Crippen LogP contribution in [0.25, 0.3) is 9.40 Å². The fourth-order valence-electron chi connectivity index (χ4n) is 2.11. The maximum absolute atomic E-state index is 12.2. The van der Waals surface area contributed by atoms with Crippen LogP contribution in [0, 0.1) is 0 Å². The van der Waals surface area contributed by atoms with Crippen LogP contribution in [0.3, 0.4) is 0 Å². The number of carbonyl (C=O) groups excluding carboxylic acids is 2. The van der Waals surface area contributed by atoms with Crippen LogP contribution in [0.4, 0.5) is 0 Å². The monoisotopic (exact) mass is 330 g/mol. The Balaban J connectivity index is 1.68. The highest BCUT2D eigenvalue weighted by Gasteiger charge is 2.11. The molecule has 4 nitrogen and oxygen atoms in total. The van der Waals surface area contributed by atoms with Gasteiger partial charge in [0.05, 0.1) is 4.88 Å². The van der Waals surface area contributed by atoms with Gasteiger partial charge >= 0.3 is 0 Å². The van der Waals surface area contributed by atoms with Crippen LogP contribution in [-0.4, -0.2) is 18.9 Å². The number of amides is 2. The second-order valence-electron chi connectivity index (χ2n) is 4.72. The quantitative estimate of drug-likeness (QED) is 0.771. The van der Waals surface area contributed by atoms with Gasteiger partial charge in [-0.05, 0) is 35.2 Å². The van der Waals surface area contributed by atoms with Gasteiger partial charge in [-0.1, -0.05) is 12.1 Å². The van der Waals surface area contributed by atoms with Crippen molar-refractivity contribution < 1.29 is 9.59 Å². The van der Waals surface area contributed by atoms with Crippen molar-refractivity contribution in [3.8, 4) is 0 Å². The van der Waals surface area contributed by atoms with E-state index < -0.39 is 0 Å². The molecule has 2 N–H and O–H groups in total. The summed E-state index contributed by atoms with van der Waals surface area (Å²) in [5.74, 6) is -0.217. The van der Waals surface area contributed by atoms with Crippen LogP contribution < -0.4 is 10.6 Å². The summed E-state index contributed by atoms with van der Waals surface area (Å²) in [4.78, 5) is 24.5. The topological polar surface area (TPSA) is 58.2 Å². The van der Waals surface area contributed by atoms with E-state index in [1.54, 1.807) is 30.5 Å². The van der Waals surface area contributed by atoms with E-state index in [0.29, 0.717) is 17.0 Å². The summed E-state index contributed by atoms with van der Waals surface area (Å²) in [5, 5.41) is 7.50. The van der Waals surface area contributed by atoms with Gasteiger partial charge in [-0.25, -0.2) is 0 Å². The third kappa shape index (κ3) is 3.03. The molecule has 6 heteroatoms. The first-order valence-electron chi connectivity index (χ1n) is 6.73. The van der Waals surface area contributed by atoms with Crippen molar-refractivity contribution in [2.24, 2.45) is 0 Å². The van der Waals surface area contributed by atoms with Crippen LogP contribution in [-0.2, 0) is 6.54 Å². The molecule has 2 heterocycles. The molecule has 0 unspecified atom stereocenters. The summed E-state index contributed by atoms with van der Waals surface area (Å²) in [5.41, 5.74) is 1.48. The first kappa shape index (κ1) is 14.7. The molecule has 0 bridgehead atoms. The average molecular weight is 330 g/mol. The average Bonchev–Trinajstić information content (AvgIpc) is 3.13. The van der Waals surface area contributed by atoms with Crippen LogP contribution in [0.2, 0.25) is 0 Å². The summed E-state index contributed by atoms with van der Waals surface area (Å²) >= 11 is 3.13. The molecule has 2 aromatic heterocycles. The van der Waals surface area contributed by atoms with E-state index in [9.17, 15) is 9.59 Å². The number of rotatable bonds is 4. The summed E-state index contributed by atoms with van der Waals surface area (Å²) in [7, 11) is 1.60. The SMILES string of the molecule is CNC(=O)c1cccc(CNC(=O)c2cc3sccc3s2)c1. The number of carbonyl (C=O) groups is 2. The number of nitrogens with one attached hydrogen (secondary N) is 2. The number of benzene rings is 1. The predicted octanol–water partition coefficient (Wildman–Crippen LogP) is 3.25. The molecule has 112 valence electrons. The van der Waals surface area contributed by atoms with Crippen molar-refractivity contribution in [2.45, 2.75) is 6.54 Å². The Morgan fingerprint density at radius 1 is 1.09 bits per heavy atom. The molecule has 0 spiro atoms. The lowest BCUT2D eigenvalue weighted by Gasteiger charge is -2.06. The zero-order chi connectivity index (χ0) is 15.5. The second kappa shape index (κ2) is 6.29. The lowest BCUT2D eigenvalue weighted by molar-refractivity contribution is 0.0952. The Morgan fingerprint density at radius 2 is 1.95 bits per heavy atom.